The molecule has 1 aromatic carbocycles. The SMILES string of the molecule is Cc1nc2ccc(-c3nc(C)n(C)c3Br)cc2[nH]1. The molecule has 5 heteroatoms. The molecule has 1 N–H and O–H groups in total. The van der Waals surface area contributed by atoms with Gasteiger partial charge in [-0.05, 0) is 41.9 Å². The molecule has 2 heterocycles. The number of imidazole rings is 2. The van der Waals surface area contributed by atoms with Crippen molar-refractivity contribution >= 4 is 27.0 Å². The van der Waals surface area contributed by atoms with Gasteiger partial charge in [0, 0.05) is 12.6 Å². The fourth-order valence-corrected chi connectivity index (χ4v) is 2.63. The number of rotatable bonds is 1. The van der Waals surface area contributed by atoms with Crippen molar-refractivity contribution in [2.45, 2.75) is 13.8 Å². The van der Waals surface area contributed by atoms with Crippen molar-refractivity contribution in [2.75, 3.05) is 0 Å². The van der Waals surface area contributed by atoms with Gasteiger partial charge in [0.05, 0.1) is 11.0 Å². The minimum Gasteiger partial charge on any atom is -0.342 e. The number of aromatic nitrogens is 4. The average molecular weight is 305 g/mol. The van der Waals surface area contributed by atoms with E-state index in [0.29, 0.717) is 0 Å². The number of hydrogen-bond donors (Lipinski definition) is 1. The Bertz CT molecular complexity index is 739. The molecule has 0 saturated heterocycles. The molecule has 2 aromatic heterocycles. The summed E-state index contributed by atoms with van der Waals surface area (Å²) in [5.41, 5.74) is 4.08. The Balaban J connectivity index is 2.21. The molecule has 0 radical (unpaired) electrons. The predicted octanol–water partition coefficient (Wildman–Crippen LogP) is 3.34. The number of benzene rings is 1. The fraction of sp³-hybridized carbons (Fsp3) is 0.231. The van der Waals surface area contributed by atoms with Gasteiger partial charge in [0.1, 0.15) is 21.9 Å². The van der Waals surface area contributed by atoms with Crippen molar-refractivity contribution in [3.05, 3.63) is 34.5 Å². The molecule has 18 heavy (non-hydrogen) atoms. The highest BCUT2D eigenvalue weighted by atomic mass is 79.9. The van der Waals surface area contributed by atoms with Gasteiger partial charge in [-0.3, -0.25) is 0 Å². The normalized spacial score (nSPS) is 11.3. The van der Waals surface area contributed by atoms with Gasteiger partial charge in [-0.15, -0.1) is 0 Å². The van der Waals surface area contributed by atoms with Crippen LogP contribution in [0.5, 0.6) is 0 Å². The van der Waals surface area contributed by atoms with Crippen LogP contribution < -0.4 is 0 Å². The van der Waals surface area contributed by atoms with Crippen molar-refractivity contribution in [3.8, 4) is 11.3 Å². The van der Waals surface area contributed by atoms with Gasteiger partial charge in [-0.2, -0.15) is 0 Å². The third-order valence-corrected chi connectivity index (χ3v) is 4.03. The molecule has 0 atom stereocenters. The van der Waals surface area contributed by atoms with Crippen molar-refractivity contribution in [1.82, 2.24) is 19.5 Å². The number of aromatic amines is 1. The quantitative estimate of drug-likeness (QED) is 0.749. The molecular formula is C13H13BrN4. The first-order chi connectivity index (χ1) is 8.56. The smallest absolute Gasteiger partial charge is 0.112 e. The average Bonchev–Trinajstić information content (AvgIpc) is 2.82. The first-order valence-corrected chi connectivity index (χ1v) is 6.51. The van der Waals surface area contributed by atoms with Gasteiger partial charge < -0.3 is 9.55 Å². The van der Waals surface area contributed by atoms with Crippen LogP contribution in [0.2, 0.25) is 0 Å². The minimum atomic E-state index is 0.929. The van der Waals surface area contributed by atoms with E-state index in [0.717, 1.165) is 38.5 Å². The third-order valence-electron chi connectivity index (χ3n) is 3.12. The summed E-state index contributed by atoms with van der Waals surface area (Å²) in [6.45, 7) is 3.95. The number of nitrogens with zero attached hydrogens (tertiary/aromatic N) is 3. The molecule has 0 aliphatic rings. The topological polar surface area (TPSA) is 46.5 Å². The lowest BCUT2D eigenvalue weighted by Gasteiger charge is -1.99. The fourth-order valence-electron chi connectivity index (χ4n) is 2.05. The standard InChI is InChI=1S/C13H13BrN4/c1-7-15-10-5-4-9(6-11(10)16-7)12-13(14)18(3)8(2)17-12/h4-6H,1-3H3,(H,15,16). The summed E-state index contributed by atoms with van der Waals surface area (Å²) in [6, 6.07) is 6.15. The zero-order valence-electron chi connectivity index (χ0n) is 10.5. The van der Waals surface area contributed by atoms with Crippen molar-refractivity contribution in [2.24, 2.45) is 7.05 Å². The lowest BCUT2D eigenvalue weighted by molar-refractivity contribution is 0.840. The van der Waals surface area contributed by atoms with E-state index in [4.69, 9.17) is 0 Å². The molecule has 4 nitrogen and oxygen atoms in total. The van der Waals surface area contributed by atoms with Crippen LogP contribution in [0.4, 0.5) is 0 Å². The second-order valence-corrected chi connectivity index (χ2v) is 5.16. The van der Waals surface area contributed by atoms with E-state index in [-0.39, 0.29) is 0 Å². The van der Waals surface area contributed by atoms with Crippen LogP contribution in [-0.4, -0.2) is 19.5 Å². The monoisotopic (exact) mass is 304 g/mol. The number of nitrogens with one attached hydrogen (secondary N) is 1. The molecule has 3 rings (SSSR count). The Morgan fingerprint density at radius 3 is 2.67 bits per heavy atom. The molecule has 0 amide bonds. The number of halogens is 1. The number of hydrogen-bond acceptors (Lipinski definition) is 2. The lowest BCUT2D eigenvalue weighted by atomic mass is 10.1. The van der Waals surface area contributed by atoms with Crippen LogP contribution in [0.1, 0.15) is 11.6 Å². The summed E-state index contributed by atoms with van der Waals surface area (Å²) in [5.74, 6) is 1.91. The van der Waals surface area contributed by atoms with E-state index in [1.165, 1.54) is 0 Å². The maximum Gasteiger partial charge on any atom is 0.112 e. The van der Waals surface area contributed by atoms with Crippen LogP contribution in [-0.2, 0) is 7.05 Å². The maximum atomic E-state index is 4.58. The summed E-state index contributed by atoms with van der Waals surface area (Å²) in [7, 11) is 1.99. The third kappa shape index (κ3) is 1.66. The Labute approximate surface area is 113 Å². The zero-order chi connectivity index (χ0) is 12.9. The molecule has 0 unspecified atom stereocenters. The van der Waals surface area contributed by atoms with E-state index < -0.39 is 0 Å². The molecule has 0 aliphatic heterocycles. The molecule has 0 aliphatic carbocycles. The maximum absolute atomic E-state index is 4.58. The molecule has 0 bridgehead atoms. The molecule has 0 saturated carbocycles. The molecule has 3 aromatic rings. The highest BCUT2D eigenvalue weighted by Gasteiger charge is 2.12. The van der Waals surface area contributed by atoms with Gasteiger partial charge in [-0.1, -0.05) is 6.07 Å². The number of aryl methyl sites for hydroxylation is 2. The Morgan fingerprint density at radius 2 is 2.00 bits per heavy atom. The van der Waals surface area contributed by atoms with Crippen LogP contribution in [0, 0.1) is 13.8 Å². The van der Waals surface area contributed by atoms with Crippen LogP contribution in [0.15, 0.2) is 22.8 Å². The van der Waals surface area contributed by atoms with Crippen LogP contribution >= 0.6 is 15.9 Å². The minimum absolute atomic E-state index is 0.929. The van der Waals surface area contributed by atoms with Crippen LogP contribution in [0.25, 0.3) is 22.3 Å². The van der Waals surface area contributed by atoms with Gasteiger partial charge in [0.2, 0.25) is 0 Å². The molecular weight excluding hydrogens is 292 g/mol. The van der Waals surface area contributed by atoms with E-state index in [1.807, 2.05) is 31.5 Å². The number of fused-ring (bicyclic) bond motifs is 1. The van der Waals surface area contributed by atoms with Gasteiger partial charge in [-0.25, -0.2) is 9.97 Å². The second-order valence-electron chi connectivity index (χ2n) is 4.41. The second kappa shape index (κ2) is 3.95. The Hall–Kier alpha value is -1.62. The highest BCUT2D eigenvalue weighted by molar-refractivity contribution is 9.10. The van der Waals surface area contributed by atoms with Crippen molar-refractivity contribution in [3.63, 3.8) is 0 Å². The predicted molar refractivity (Wildman–Crippen MR) is 75.5 cm³/mol. The van der Waals surface area contributed by atoms with E-state index >= 15 is 0 Å². The summed E-state index contributed by atoms with van der Waals surface area (Å²) < 4.78 is 3.02. The van der Waals surface area contributed by atoms with Crippen molar-refractivity contribution in [1.29, 1.82) is 0 Å². The number of H-pyrrole nitrogens is 1. The van der Waals surface area contributed by atoms with Crippen molar-refractivity contribution < 1.29 is 0 Å². The first kappa shape index (κ1) is 11.5. The van der Waals surface area contributed by atoms with E-state index in [9.17, 15) is 0 Å². The zero-order valence-corrected chi connectivity index (χ0v) is 12.0. The van der Waals surface area contributed by atoms with Gasteiger partial charge in [0.15, 0.2) is 0 Å². The Kier molecular flexibility index (Phi) is 2.52. The highest BCUT2D eigenvalue weighted by Crippen LogP contribution is 2.29. The van der Waals surface area contributed by atoms with E-state index in [2.05, 4.69) is 43.0 Å². The summed E-state index contributed by atoms with van der Waals surface area (Å²) in [5, 5.41) is 0. The first-order valence-electron chi connectivity index (χ1n) is 5.72. The van der Waals surface area contributed by atoms with E-state index in [1.54, 1.807) is 0 Å². The summed E-state index contributed by atoms with van der Waals surface area (Å²) in [6.07, 6.45) is 0. The van der Waals surface area contributed by atoms with Crippen LogP contribution in [0.3, 0.4) is 0 Å². The summed E-state index contributed by atoms with van der Waals surface area (Å²) in [4.78, 5) is 12.2. The largest absolute Gasteiger partial charge is 0.342 e. The van der Waals surface area contributed by atoms with Gasteiger partial charge in [0.25, 0.3) is 0 Å². The molecule has 0 spiro atoms. The Morgan fingerprint density at radius 1 is 1.22 bits per heavy atom. The molecule has 92 valence electrons. The summed E-state index contributed by atoms with van der Waals surface area (Å²) >= 11 is 3.58. The molecule has 0 fully saturated rings. The lowest BCUT2D eigenvalue weighted by Crippen LogP contribution is -1.90. The van der Waals surface area contributed by atoms with Gasteiger partial charge >= 0.3 is 0 Å².